The molecule has 2 atom stereocenters. The van der Waals surface area contributed by atoms with Crippen LogP contribution >= 0.6 is 0 Å². The smallest absolute Gasteiger partial charge is 0.147 e. The predicted octanol–water partition coefficient (Wildman–Crippen LogP) is 1.52. The summed E-state index contributed by atoms with van der Waals surface area (Å²) in [4.78, 5) is 2.48. The van der Waals surface area contributed by atoms with Crippen LogP contribution in [0.4, 0.5) is 0 Å². The molecule has 0 saturated carbocycles. The number of piperazine rings is 1. The molecule has 0 aliphatic carbocycles. The Labute approximate surface area is 118 Å². The van der Waals surface area contributed by atoms with Crippen LogP contribution in [0.15, 0.2) is 0 Å². The summed E-state index contributed by atoms with van der Waals surface area (Å²) in [6.07, 6.45) is 3.22. The molecule has 0 bridgehead atoms. The van der Waals surface area contributed by atoms with E-state index in [1.165, 1.54) is 6.26 Å². The quantitative estimate of drug-likeness (QED) is 0.806. The van der Waals surface area contributed by atoms with Gasteiger partial charge in [-0.2, -0.15) is 0 Å². The van der Waals surface area contributed by atoms with Gasteiger partial charge < -0.3 is 5.32 Å². The van der Waals surface area contributed by atoms with Gasteiger partial charge in [-0.1, -0.05) is 20.3 Å². The average molecular weight is 290 g/mol. The lowest BCUT2D eigenvalue weighted by Gasteiger charge is -2.46. The van der Waals surface area contributed by atoms with Gasteiger partial charge in [-0.05, 0) is 32.7 Å². The van der Waals surface area contributed by atoms with E-state index in [0.29, 0.717) is 17.7 Å². The van der Waals surface area contributed by atoms with Crippen molar-refractivity contribution in [1.29, 1.82) is 0 Å². The molecule has 19 heavy (non-hydrogen) atoms. The molecule has 0 radical (unpaired) electrons. The van der Waals surface area contributed by atoms with Gasteiger partial charge in [0.1, 0.15) is 9.84 Å². The molecule has 4 nitrogen and oxygen atoms in total. The minimum atomic E-state index is -2.84. The van der Waals surface area contributed by atoms with Crippen molar-refractivity contribution < 1.29 is 8.42 Å². The van der Waals surface area contributed by atoms with Crippen molar-refractivity contribution in [2.45, 2.75) is 52.1 Å². The highest BCUT2D eigenvalue weighted by molar-refractivity contribution is 7.90. The predicted molar refractivity (Wildman–Crippen MR) is 81.2 cm³/mol. The molecule has 1 fully saturated rings. The summed E-state index contributed by atoms with van der Waals surface area (Å²) < 4.78 is 22.5. The fourth-order valence-electron chi connectivity index (χ4n) is 2.80. The van der Waals surface area contributed by atoms with Gasteiger partial charge in [0.05, 0.1) is 5.75 Å². The summed E-state index contributed by atoms with van der Waals surface area (Å²) in [5, 5.41) is 3.60. The van der Waals surface area contributed by atoms with Gasteiger partial charge >= 0.3 is 0 Å². The van der Waals surface area contributed by atoms with Gasteiger partial charge in [0.25, 0.3) is 0 Å². The van der Waals surface area contributed by atoms with Gasteiger partial charge in [-0.3, -0.25) is 4.90 Å². The first-order valence-electron chi connectivity index (χ1n) is 7.31. The standard InChI is InChI=1S/C14H30N2O2S/c1-6-12(2)13-10-15-14(3,4)11-16(13)8-7-9-19(5,17)18/h12-13,15H,6-11H2,1-5H3. The van der Waals surface area contributed by atoms with Crippen LogP contribution in [-0.2, 0) is 9.84 Å². The summed E-state index contributed by atoms with van der Waals surface area (Å²) in [6, 6.07) is 0.526. The first-order valence-corrected chi connectivity index (χ1v) is 9.37. The van der Waals surface area contributed by atoms with Crippen LogP contribution in [0.1, 0.15) is 40.5 Å². The zero-order chi connectivity index (χ0) is 14.7. The van der Waals surface area contributed by atoms with Crippen LogP contribution in [0, 0.1) is 5.92 Å². The lowest BCUT2D eigenvalue weighted by molar-refractivity contribution is 0.0640. The van der Waals surface area contributed by atoms with E-state index in [-0.39, 0.29) is 5.54 Å². The SMILES string of the molecule is CCC(C)C1CNC(C)(C)CN1CCCS(C)(=O)=O. The van der Waals surface area contributed by atoms with Gasteiger partial charge in [-0.25, -0.2) is 8.42 Å². The summed E-state index contributed by atoms with van der Waals surface area (Å²) in [7, 11) is -2.84. The van der Waals surface area contributed by atoms with Crippen LogP contribution in [0.25, 0.3) is 0 Å². The van der Waals surface area contributed by atoms with Crippen molar-refractivity contribution >= 4 is 9.84 Å². The van der Waals surface area contributed by atoms with Crippen LogP contribution in [0.3, 0.4) is 0 Å². The summed E-state index contributed by atoms with van der Waals surface area (Å²) in [5.74, 6) is 0.937. The van der Waals surface area contributed by atoms with E-state index in [2.05, 4.69) is 37.9 Å². The Kier molecular flexibility index (Phi) is 5.83. The third-order valence-electron chi connectivity index (χ3n) is 4.12. The van der Waals surface area contributed by atoms with Crippen molar-refractivity contribution in [2.24, 2.45) is 5.92 Å². The van der Waals surface area contributed by atoms with Crippen LogP contribution in [0.2, 0.25) is 0 Å². The molecular formula is C14H30N2O2S. The number of hydrogen-bond acceptors (Lipinski definition) is 4. The van der Waals surface area contributed by atoms with Gasteiger partial charge in [0.15, 0.2) is 0 Å². The fraction of sp³-hybridized carbons (Fsp3) is 1.00. The average Bonchev–Trinajstić information content (AvgIpc) is 2.25. The van der Waals surface area contributed by atoms with E-state index >= 15 is 0 Å². The Balaban J connectivity index is 2.61. The van der Waals surface area contributed by atoms with E-state index < -0.39 is 9.84 Å². The molecular weight excluding hydrogens is 260 g/mol. The lowest BCUT2D eigenvalue weighted by Crippen LogP contribution is -2.63. The summed E-state index contributed by atoms with van der Waals surface area (Å²) >= 11 is 0. The molecule has 1 heterocycles. The molecule has 0 aromatic heterocycles. The Morgan fingerprint density at radius 3 is 2.58 bits per heavy atom. The molecule has 0 amide bonds. The summed E-state index contributed by atoms with van der Waals surface area (Å²) in [5.41, 5.74) is 0.120. The molecule has 114 valence electrons. The van der Waals surface area contributed by atoms with E-state index in [1.54, 1.807) is 0 Å². The lowest BCUT2D eigenvalue weighted by atomic mass is 9.90. The van der Waals surface area contributed by atoms with Crippen molar-refractivity contribution in [3.63, 3.8) is 0 Å². The normalized spacial score (nSPS) is 26.3. The molecule has 2 unspecified atom stereocenters. The molecule has 0 aromatic rings. The van der Waals surface area contributed by atoms with Crippen molar-refractivity contribution in [3.8, 4) is 0 Å². The number of nitrogens with zero attached hydrogens (tertiary/aromatic N) is 1. The largest absolute Gasteiger partial charge is 0.309 e. The van der Waals surface area contributed by atoms with Crippen molar-refractivity contribution in [1.82, 2.24) is 10.2 Å². The maximum Gasteiger partial charge on any atom is 0.147 e. The third kappa shape index (κ3) is 5.79. The van der Waals surface area contributed by atoms with Crippen LogP contribution in [-0.4, -0.2) is 56.5 Å². The van der Waals surface area contributed by atoms with Crippen molar-refractivity contribution in [3.05, 3.63) is 0 Å². The Hall–Kier alpha value is -0.130. The second-order valence-corrected chi connectivity index (χ2v) is 8.93. The van der Waals surface area contributed by atoms with Crippen LogP contribution < -0.4 is 5.32 Å². The molecule has 1 aliphatic rings. The van der Waals surface area contributed by atoms with E-state index in [0.717, 1.165) is 32.5 Å². The molecule has 1 aliphatic heterocycles. The first-order chi connectivity index (χ1) is 8.64. The monoisotopic (exact) mass is 290 g/mol. The fourth-order valence-corrected chi connectivity index (χ4v) is 3.45. The topological polar surface area (TPSA) is 49.4 Å². The molecule has 1 rings (SSSR count). The highest BCUT2D eigenvalue weighted by Gasteiger charge is 2.34. The minimum absolute atomic E-state index is 0.120. The molecule has 0 spiro atoms. The number of sulfone groups is 1. The van der Waals surface area contributed by atoms with Gasteiger partial charge in [-0.15, -0.1) is 0 Å². The number of hydrogen-bond donors (Lipinski definition) is 1. The van der Waals surface area contributed by atoms with E-state index in [1.807, 2.05) is 0 Å². The van der Waals surface area contributed by atoms with Gasteiger partial charge in [0.2, 0.25) is 0 Å². The molecule has 1 saturated heterocycles. The first kappa shape index (κ1) is 16.9. The van der Waals surface area contributed by atoms with E-state index in [9.17, 15) is 8.42 Å². The minimum Gasteiger partial charge on any atom is -0.309 e. The molecule has 1 N–H and O–H groups in total. The molecule has 5 heteroatoms. The maximum atomic E-state index is 11.2. The Bertz CT molecular complexity index is 379. The van der Waals surface area contributed by atoms with E-state index in [4.69, 9.17) is 0 Å². The highest BCUT2D eigenvalue weighted by atomic mass is 32.2. The van der Waals surface area contributed by atoms with Gasteiger partial charge in [0, 0.05) is 30.9 Å². The number of nitrogens with one attached hydrogen (secondary N) is 1. The summed E-state index contributed by atoms with van der Waals surface area (Å²) in [6.45, 7) is 11.8. The second-order valence-electron chi connectivity index (χ2n) is 6.67. The maximum absolute atomic E-state index is 11.2. The Morgan fingerprint density at radius 1 is 1.42 bits per heavy atom. The Morgan fingerprint density at radius 2 is 2.05 bits per heavy atom. The second kappa shape index (κ2) is 6.55. The zero-order valence-electron chi connectivity index (χ0n) is 13.1. The van der Waals surface area contributed by atoms with Crippen molar-refractivity contribution in [2.75, 3.05) is 31.6 Å². The highest BCUT2D eigenvalue weighted by Crippen LogP contribution is 2.22. The molecule has 0 aromatic carbocycles. The van der Waals surface area contributed by atoms with Crippen LogP contribution in [0.5, 0.6) is 0 Å². The zero-order valence-corrected chi connectivity index (χ0v) is 13.9. The number of rotatable bonds is 6. The third-order valence-corrected chi connectivity index (χ3v) is 5.15.